The lowest BCUT2D eigenvalue weighted by Crippen LogP contribution is -2.51. The van der Waals surface area contributed by atoms with Crippen molar-refractivity contribution in [3.8, 4) is 0 Å². The van der Waals surface area contributed by atoms with Crippen molar-refractivity contribution in [2.75, 3.05) is 45.8 Å². The second-order valence-corrected chi connectivity index (χ2v) is 12.5. The molecule has 2 saturated heterocycles. The van der Waals surface area contributed by atoms with Gasteiger partial charge in [-0.3, -0.25) is 9.69 Å². The smallest absolute Gasteiger partial charge is 0.227 e. The Morgan fingerprint density at radius 1 is 0.921 bits per heavy atom. The van der Waals surface area contributed by atoms with Gasteiger partial charge < -0.3 is 9.80 Å². The average molecular weight is 581 g/mol. The van der Waals surface area contributed by atoms with Crippen molar-refractivity contribution in [1.29, 1.82) is 0 Å². The third kappa shape index (κ3) is 6.33. The predicted octanol–water partition coefficient (Wildman–Crippen LogP) is 6.84. The van der Waals surface area contributed by atoms with E-state index in [1.54, 1.807) is 12.1 Å². The van der Waals surface area contributed by atoms with Crippen molar-refractivity contribution in [2.24, 2.45) is 0 Å². The Bertz CT molecular complexity index is 1110. The minimum Gasteiger partial charge on any atom is -0.341 e. The van der Waals surface area contributed by atoms with E-state index in [2.05, 4.69) is 15.9 Å². The number of amides is 1. The molecule has 1 saturated carbocycles. The van der Waals surface area contributed by atoms with Gasteiger partial charge in [-0.15, -0.1) is 0 Å². The van der Waals surface area contributed by atoms with Gasteiger partial charge in [-0.2, -0.15) is 0 Å². The molecule has 2 heterocycles. The number of carbonyl (C=O) groups is 1. The highest BCUT2D eigenvalue weighted by atomic mass is 35.5. The van der Waals surface area contributed by atoms with Gasteiger partial charge in [-0.05, 0) is 62.1 Å². The van der Waals surface area contributed by atoms with Crippen LogP contribution in [0.3, 0.4) is 0 Å². The van der Waals surface area contributed by atoms with Crippen LogP contribution in [0.4, 0.5) is 4.39 Å². The molecular formula is C30H37Cl3FN3O. The van der Waals surface area contributed by atoms with E-state index < -0.39 is 5.82 Å². The van der Waals surface area contributed by atoms with Crippen LogP contribution >= 0.6 is 34.8 Å². The first-order valence-electron chi connectivity index (χ1n) is 14.0. The lowest BCUT2D eigenvalue weighted by molar-refractivity contribution is -0.129. The van der Waals surface area contributed by atoms with Crippen molar-refractivity contribution in [3.63, 3.8) is 0 Å². The van der Waals surface area contributed by atoms with Crippen molar-refractivity contribution in [2.45, 2.75) is 62.8 Å². The molecule has 1 aliphatic carbocycles. The van der Waals surface area contributed by atoms with Gasteiger partial charge in [0.25, 0.3) is 0 Å². The van der Waals surface area contributed by atoms with Gasteiger partial charge in [0.1, 0.15) is 5.82 Å². The standard InChI is InChI=1S/C30H37Cl3FN3O/c31-25-7-4-8-28(34)24(25)20-29(38)37-14-12-30(21-37,22-9-10-26(32)27(33)19-22)11-13-35-15-17-36(18-16-35)23-5-2-1-3-6-23/h4,7-10,19,23H,1-3,5-6,11-18,20-21H2/t30-/m1/s1. The van der Waals surface area contributed by atoms with Crippen LogP contribution in [-0.4, -0.2) is 72.5 Å². The number of hydrogen-bond donors (Lipinski definition) is 0. The molecule has 0 N–H and O–H groups in total. The average Bonchev–Trinajstić information content (AvgIpc) is 3.38. The molecule has 38 heavy (non-hydrogen) atoms. The molecule has 2 aromatic rings. The van der Waals surface area contributed by atoms with Gasteiger partial charge in [-0.25, -0.2) is 4.39 Å². The number of nitrogens with zero attached hydrogens (tertiary/aromatic N) is 3. The quantitative estimate of drug-likeness (QED) is 0.359. The second-order valence-electron chi connectivity index (χ2n) is 11.3. The molecule has 0 spiro atoms. The first-order chi connectivity index (χ1) is 18.3. The summed E-state index contributed by atoms with van der Waals surface area (Å²) in [5, 5.41) is 1.36. The normalized spacial score (nSPS) is 23.7. The fourth-order valence-corrected chi connectivity index (χ4v) is 7.16. The highest BCUT2D eigenvalue weighted by Gasteiger charge is 2.42. The van der Waals surface area contributed by atoms with Crippen LogP contribution in [0.25, 0.3) is 0 Å². The molecule has 0 unspecified atom stereocenters. The number of rotatable bonds is 7. The zero-order valence-corrected chi connectivity index (χ0v) is 24.2. The zero-order valence-electron chi connectivity index (χ0n) is 21.9. The number of likely N-dealkylation sites (tertiary alicyclic amines) is 1. The SMILES string of the molecule is O=C(Cc1c(F)cccc1Cl)N1CC[C@@](CCN2CCN(C3CCCCC3)CC2)(c2ccc(Cl)c(Cl)c2)C1. The van der Waals surface area contributed by atoms with Crippen LogP contribution in [0.5, 0.6) is 0 Å². The van der Waals surface area contributed by atoms with Crippen LogP contribution in [0.2, 0.25) is 15.1 Å². The molecular weight excluding hydrogens is 544 g/mol. The van der Waals surface area contributed by atoms with Crippen molar-refractivity contribution < 1.29 is 9.18 Å². The Kier molecular flexibility index (Phi) is 9.21. The number of carbonyl (C=O) groups excluding carboxylic acids is 1. The van der Waals surface area contributed by atoms with E-state index in [4.69, 9.17) is 34.8 Å². The monoisotopic (exact) mass is 579 g/mol. The van der Waals surface area contributed by atoms with E-state index >= 15 is 0 Å². The molecule has 4 nitrogen and oxygen atoms in total. The summed E-state index contributed by atoms with van der Waals surface area (Å²) in [7, 11) is 0. The van der Waals surface area contributed by atoms with E-state index in [0.717, 1.165) is 57.2 Å². The van der Waals surface area contributed by atoms with Gasteiger partial charge in [0.15, 0.2) is 0 Å². The maximum absolute atomic E-state index is 14.4. The highest BCUT2D eigenvalue weighted by Crippen LogP contribution is 2.41. The molecule has 1 amide bonds. The Labute approximate surface area is 241 Å². The number of halogens is 4. The summed E-state index contributed by atoms with van der Waals surface area (Å²) in [4.78, 5) is 20.4. The molecule has 2 aliphatic heterocycles. The van der Waals surface area contributed by atoms with E-state index in [1.165, 1.54) is 38.2 Å². The summed E-state index contributed by atoms with van der Waals surface area (Å²) in [6.07, 6.45) is 8.56. The summed E-state index contributed by atoms with van der Waals surface area (Å²) in [5.74, 6) is -0.534. The largest absolute Gasteiger partial charge is 0.341 e. The lowest BCUT2D eigenvalue weighted by atomic mass is 9.76. The Morgan fingerprint density at radius 2 is 1.68 bits per heavy atom. The van der Waals surface area contributed by atoms with Crippen molar-refractivity contribution in [1.82, 2.24) is 14.7 Å². The van der Waals surface area contributed by atoms with E-state index in [9.17, 15) is 9.18 Å². The molecule has 8 heteroatoms. The Hall–Kier alpha value is -1.37. The Morgan fingerprint density at radius 3 is 2.39 bits per heavy atom. The van der Waals surface area contributed by atoms with Gasteiger partial charge in [0.05, 0.1) is 16.5 Å². The third-order valence-electron chi connectivity index (χ3n) is 9.03. The van der Waals surface area contributed by atoms with Gasteiger partial charge in [0.2, 0.25) is 5.91 Å². The fraction of sp³-hybridized carbons (Fsp3) is 0.567. The molecule has 3 fully saturated rings. The van der Waals surface area contributed by atoms with Crippen molar-refractivity contribution in [3.05, 3.63) is 68.4 Å². The van der Waals surface area contributed by atoms with E-state index in [1.807, 2.05) is 17.0 Å². The molecule has 206 valence electrons. The maximum atomic E-state index is 14.4. The summed E-state index contributed by atoms with van der Waals surface area (Å²) in [6.45, 7) is 6.63. The summed E-state index contributed by atoms with van der Waals surface area (Å²) in [5.41, 5.74) is 1.16. The zero-order chi connectivity index (χ0) is 26.7. The fourth-order valence-electron chi connectivity index (χ4n) is 6.63. The Balaban J connectivity index is 1.26. The molecule has 0 radical (unpaired) electrons. The maximum Gasteiger partial charge on any atom is 0.227 e. The minimum absolute atomic E-state index is 0.0356. The first kappa shape index (κ1) is 28.2. The van der Waals surface area contributed by atoms with Gasteiger partial charge >= 0.3 is 0 Å². The van der Waals surface area contributed by atoms with Crippen LogP contribution < -0.4 is 0 Å². The van der Waals surface area contributed by atoms with Crippen LogP contribution in [-0.2, 0) is 16.6 Å². The minimum atomic E-state index is -0.437. The van der Waals surface area contributed by atoms with Gasteiger partial charge in [0, 0.05) is 61.3 Å². The highest BCUT2D eigenvalue weighted by molar-refractivity contribution is 6.42. The summed E-state index contributed by atoms with van der Waals surface area (Å²) >= 11 is 18.9. The van der Waals surface area contributed by atoms with E-state index in [-0.39, 0.29) is 23.3 Å². The summed E-state index contributed by atoms with van der Waals surface area (Å²) in [6, 6.07) is 11.2. The predicted molar refractivity (Wildman–Crippen MR) is 154 cm³/mol. The number of hydrogen-bond acceptors (Lipinski definition) is 3. The van der Waals surface area contributed by atoms with E-state index in [0.29, 0.717) is 28.2 Å². The first-order valence-corrected chi connectivity index (χ1v) is 15.1. The number of piperazine rings is 1. The van der Waals surface area contributed by atoms with Crippen molar-refractivity contribution >= 4 is 40.7 Å². The third-order valence-corrected chi connectivity index (χ3v) is 10.1. The molecule has 0 aromatic heterocycles. The molecule has 2 aromatic carbocycles. The molecule has 0 bridgehead atoms. The molecule has 5 rings (SSSR count). The number of benzene rings is 2. The molecule has 3 aliphatic rings. The second kappa shape index (κ2) is 12.4. The summed E-state index contributed by atoms with van der Waals surface area (Å²) < 4.78 is 14.4. The van der Waals surface area contributed by atoms with Crippen LogP contribution in [0.15, 0.2) is 36.4 Å². The topological polar surface area (TPSA) is 26.8 Å². The van der Waals surface area contributed by atoms with Crippen LogP contribution in [0.1, 0.15) is 56.1 Å². The molecule has 1 atom stereocenters. The van der Waals surface area contributed by atoms with Gasteiger partial charge in [-0.1, -0.05) is 66.2 Å². The van der Waals surface area contributed by atoms with Crippen LogP contribution in [0, 0.1) is 5.82 Å². The lowest BCUT2D eigenvalue weighted by Gasteiger charge is -2.42.